The van der Waals surface area contributed by atoms with Gasteiger partial charge in [0, 0.05) is 23.9 Å². The Labute approximate surface area is 229 Å². The Kier molecular flexibility index (Phi) is 6.67. The first-order valence-corrected chi connectivity index (χ1v) is 14.4. The van der Waals surface area contributed by atoms with E-state index >= 15 is 0 Å². The van der Waals surface area contributed by atoms with Crippen molar-refractivity contribution in [2.45, 2.75) is 80.7 Å². The second-order valence-electron chi connectivity index (χ2n) is 11.4. The SMILES string of the molecule is CC1(C)NC(C23CC(N(Cc4ccc(Cl)c(F)c4)S(=O)(=O)c4ccccc4)(C2)C3)=N[C@H]1C(=O)CCC(F)(F)F. The van der Waals surface area contributed by atoms with Crippen molar-refractivity contribution in [3.05, 3.63) is 64.9 Å². The van der Waals surface area contributed by atoms with Crippen LogP contribution in [0.15, 0.2) is 58.4 Å². The molecule has 4 aliphatic rings. The lowest BCUT2D eigenvalue weighted by molar-refractivity contribution is -0.151. The van der Waals surface area contributed by atoms with E-state index in [4.69, 9.17) is 11.6 Å². The number of sulfonamides is 1. The van der Waals surface area contributed by atoms with Crippen LogP contribution in [0, 0.1) is 11.2 Å². The van der Waals surface area contributed by atoms with Crippen molar-refractivity contribution in [2.24, 2.45) is 10.4 Å². The highest BCUT2D eigenvalue weighted by molar-refractivity contribution is 7.89. The predicted octanol–water partition coefficient (Wildman–Crippen LogP) is 5.65. The Bertz CT molecular complexity index is 1420. The van der Waals surface area contributed by atoms with Crippen LogP contribution in [0.1, 0.15) is 51.5 Å². The zero-order valence-electron chi connectivity index (χ0n) is 21.4. The molecule has 0 spiro atoms. The van der Waals surface area contributed by atoms with Crippen molar-refractivity contribution in [1.82, 2.24) is 9.62 Å². The molecule has 3 aliphatic carbocycles. The van der Waals surface area contributed by atoms with E-state index in [1.54, 1.807) is 38.1 Å². The Morgan fingerprint density at radius 2 is 1.77 bits per heavy atom. The van der Waals surface area contributed by atoms with Crippen molar-refractivity contribution < 1.29 is 30.8 Å². The number of carbonyl (C=O) groups excluding carboxylic acids is 1. The van der Waals surface area contributed by atoms with Gasteiger partial charge in [0.05, 0.1) is 21.9 Å². The molecule has 0 amide bonds. The summed E-state index contributed by atoms with van der Waals surface area (Å²) in [5, 5.41) is 3.18. The van der Waals surface area contributed by atoms with Crippen LogP contribution in [0.4, 0.5) is 17.6 Å². The molecule has 2 bridgehead atoms. The molecule has 6 rings (SSSR count). The number of hydrogen-bond donors (Lipinski definition) is 1. The van der Waals surface area contributed by atoms with Crippen molar-refractivity contribution in [3.8, 4) is 0 Å². The average molecular weight is 586 g/mol. The normalized spacial score (nSPS) is 27.4. The van der Waals surface area contributed by atoms with Gasteiger partial charge >= 0.3 is 6.18 Å². The van der Waals surface area contributed by atoms with E-state index in [1.165, 1.54) is 28.6 Å². The van der Waals surface area contributed by atoms with Gasteiger partial charge in [0.2, 0.25) is 10.0 Å². The van der Waals surface area contributed by atoms with Gasteiger partial charge in [-0.15, -0.1) is 0 Å². The van der Waals surface area contributed by atoms with E-state index in [2.05, 4.69) is 10.3 Å². The van der Waals surface area contributed by atoms with Crippen LogP contribution in [0.3, 0.4) is 0 Å². The van der Waals surface area contributed by atoms with Gasteiger partial charge < -0.3 is 5.32 Å². The summed E-state index contributed by atoms with van der Waals surface area (Å²) in [4.78, 5) is 17.3. The number of rotatable bonds is 9. The van der Waals surface area contributed by atoms with Crippen molar-refractivity contribution in [2.75, 3.05) is 0 Å². The highest BCUT2D eigenvalue weighted by atomic mass is 35.5. The molecular formula is C27H28ClF4N3O3S. The number of Topliss-reactive ketones (excluding diaryl/α,β-unsaturated/α-hetero) is 1. The lowest BCUT2D eigenvalue weighted by atomic mass is 9.38. The number of benzene rings is 2. The van der Waals surface area contributed by atoms with Crippen LogP contribution >= 0.6 is 11.6 Å². The highest BCUT2D eigenvalue weighted by Gasteiger charge is 2.75. The number of nitrogens with zero attached hydrogens (tertiary/aromatic N) is 2. The molecule has 0 radical (unpaired) electrons. The first kappa shape index (κ1) is 28.0. The first-order chi connectivity index (χ1) is 18.1. The smallest absolute Gasteiger partial charge is 0.366 e. The van der Waals surface area contributed by atoms with Crippen LogP contribution in [-0.2, 0) is 21.4 Å². The summed E-state index contributed by atoms with van der Waals surface area (Å²) in [6.07, 6.45) is -5.00. The molecule has 3 fully saturated rings. The van der Waals surface area contributed by atoms with Gasteiger partial charge in [-0.3, -0.25) is 9.79 Å². The van der Waals surface area contributed by atoms with Crippen LogP contribution in [0.2, 0.25) is 5.02 Å². The average Bonchev–Trinajstić information content (AvgIpc) is 3.12. The van der Waals surface area contributed by atoms with Gasteiger partial charge in [-0.05, 0) is 62.9 Å². The number of amidine groups is 1. The Hall–Kier alpha value is -2.50. The standard InChI is InChI=1S/C27H28ClF4N3O3S/c1-24(2)22(21(36)10-11-27(30,31)32)33-23(34-24)25-14-26(15-25,16-25)35(13-17-8-9-19(28)20(29)12-17)39(37,38)18-6-4-3-5-7-18/h3-9,12,22H,10-11,13-16H2,1-2H3,(H,33,34)/t22-,25?,26?/m0/s1. The molecule has 2 aromatic rings. The van der Waals surface area contributed by atoms with Gasteiger partial charge in [-0.25, -0.2) is 12.8 Å². The molecule has 1 atom stereocenters. The molecular weight excluding hydrogens is 558 g/mol. The quantitative estimate of drug-likeness (QED) is 0.386. The van der Waals surface area contributed by atoms with Gasteiger partial charge in [0.1, 0.15) is 17.7 Å². The zero-order chi connectivity index (χ0) is 28.4. The van der Waals surface area contributed by atoms with E-state index in [1.807, 2.05) is 0 Å². The molecule has 3 saturated carbocycles. The molecule has 0 aromatic heterocycles. The number of halogens is 5. The molecule has 210 valence electrons. The maximum absolute atomic E-state index is 14.2. The Balaban J connectivity index is 1.39. The van der Waals surface area contributed by atoms with Crippen LogP contribution < -0.4 is 5.32 Å². The monoisotopic (exact) mass is 585 g/mol. The largest absolute Gasteiger partial charge is 0.389 e. The number of nitrogens with one attached hydrogen (secondary N) is 1. The maximum atomic E-state index is 14.2. The molecule has 0 saturated heterocycles. The molecule has 1 N–H and O–H groups in total. The second-order valence-corrected chi connectivity index (χ2v) is 13.7. The first-order valence-electron chi connectivity index (χ1n) is 12.5. The number of alkyl halides is 3. The van der Waals surface area contributed by atoms with E-state index < -0.39 is 63.2 Å². The molecule has 6 nitrogen and oxygen atoms in total. The van der Waals surface area contributed by atoms with Gasteiger partial charge in [0.25, 0.3) is 0 Å². The summed E-state index contributed by atoms with van der Waals surface area (Å²) in [5.41, 5.74) is -1.65. The molecule has 1 heterocycles. The second kappa shape index (κ2) is 9.27. The van der Waals surface area contributed by atoms with Gasteiger partial charge in [-0.1, -0.05) is 35.9 Å². The zero-order valence-corrected chi connectivity index (χ0v) is 22.9. The number of hydrogen-bond acceptors (Lipinski definition) is 5. The lowest BCUT2D eigenvalue weighted by Crippen LogP contribution is -2.78. The fraction of sp³-hybridized carbons (Fsp3) is 0.481. The van der Waals surface area contributed by atoms with Gasteiger partial charge in [-0.2, -0.15) is 17.5 Å². The highest BCUT2D eigenvalue weighted by Crippen LogP contribution is 2.71. The van der Waals surface area contributed by atoms with E-state index in [0.717, 1.165) is 0 Å². The van der Waals surface area contributed by atoms with Gasteiger partial charge in [0.15, 0.2) is 5.78 Å². The summed E-state index contributed by atoms with van der Waals surface area (Å²) < 4.78 is 81.3. The Morgan fingerprint density at radius 1 is 1.13 bits per heavy atom. The molecule has 39 heavy (non-hydrogen) atoms. The van der Waals surface area contributed by atoms with Crippen molar-refractivity contribution in [3.63, 3.8) is 0 Å². The number of aliphatic imine (C=N–C) groups is 1. The third-order valence-electron chi connectivity index (χ3n) is 8.02. The minimum absolute atomic E-state index is 0.0621. The van der Waals surface area contributed by atoms with Crippen LogP contribution in [0.5, 0.6) is 0 Å². The summed E-state index contributed by atoms with van der Waals surface area (Å²) >= 11 is 5.82. The lowest BCUT2D eigenvalue weighted by Gasteiger charge is -2.73. The fourth-order valence-corrected chi connectivity index (χ4v) is 8.02. The fourth-order valence-electron chi connectivity index (χ4n) is 6.12. The minimum Gasteiger partial charge on any atom is -0.366 e. The summed E-state index contributed by atoms with van der Waals surface area (Å²) in [5.74, 6) is -0.693. The van der Waals surface area contributed by atoms with E-state index in [-0.39, 0.29) is 16.5 Å². The van der Waals surface area contributed by atoms with Crippen molar-refractivity contribution >= 4 is 33.2 Å². The van der Waals surface area contributed by atoms with Crippen molar-refractivity contribution in [1.29, 1.82) is 0 Å². The molecule has 12 heteroatoms. The maximum Gasteiger partial charge on any atom is 0.389 e. The minimum atomic E-state index is -4.43. The molecule has 2 aromatic carbocycles. The predicted molar refractivity (Wildman–Crippen MR) is 138 cm³/mol. The van der Waals surface area contributed by atoms with Crippen LogP contribution in [-0.4, -0.2) is 47.6 Å². The van der Waals surface area contributed by atoms with E-state index in [9.17, 15) is 30.8 Å². The van der Waals surface area contributed by atoms with Crippen LogP contribution in [0.25, 0.3) is 0 Å². The summed E-state index contributed by atoms with van der Waals surface area (Å²) in [7, 11) is -3.96. The molecule has 1 aliphatic heterocycles. The summed E-state index contributed by atoms with van der Waals surface area (Å²) in [6.45, 7) is 3.38. The third-order valence-corrected chi connectivity index (χ3v) is 10.3. The molecule has 0 unspecified atom stereocenters. The summed E-state index contributed by atoms with van der Waals surface area (Å²) in [6, 6.07) is 11.2. The van der Waals surface area contributed by atoms with E-state index in [0.29, 0.717) is 30.7 Å². The number of carbonyl (C=O) groups is 1. The Morgan fingerprint density at radius 3 is 2.36 bits per heavy atom. The third kappa shape index (κ3) is 4.97. The number of ketones is 1. The topological polar surface area (TPSA) is 78.8 Å².